The number of hydrogen-bond donors (Lipinski definition) is 1. The van der Waals surface area contributed by atoms with Crippen LogP contribution in [0.1, 0.15) is 20.3 Å². The number of carboxylic acid groups (broad SMARTS) is 1. The molecule has 0 saturated carbocycles. The van der Waals surface area contributed by atoms with E-state index in [1.165, 1.54) is 16.4 Å². The Kier molecular flexibility index (Phi) is 4.84. The van der Waals surface area contributed by atoms with E-state index in [4.69, 9.17) is 4.74 Å². The van der Waals surface area contributed by atoms with Crippen molar-refractivity contribution in [3.8, 4) is 5.75 Å². The molecule has 2 rings (SSSR count). The molecule has 1 atom stereocenters. The third-order valence-electron chi connectivity index (χ3n) is 3.80. The third kappa shape index (κ3) is 3.13. The number of aliphatic carboxylic acids is 1. The van der Waals surface area contributed by atoms with Gasteiger partial charge < -0.3 is 9.84 Å². The maximum absolute atomic E-state index is 12.6. The molecule has 0 aliphatic carbocycles. The Balaban J connectivity index is 2.28. The van der Waals surface area contributed by atoms with E-state index < -0.39 is 21.4 Å². The van der Waals surface area contributed by atoms with E-state index >= 15 is 0 Å². The lowest BCUT2D eigenvalue weighted by Crippen LogP contribution is -2.34. The van der Waals surface area contributed by atoms with Gasteiger partial charge in [0.2, 0.25) is 10.0 Å². The van der Waals surface area contributed by atoms with Crippen LogP contribution in [-0.4, -0.2) is 43.5 Å². The normalized spacial score (nSPS) is 22.7. The molecule has 8 heteroatoms. The van der Waals surface area contributed by atoms with E-state index in [0.29, 0.717) is 23.2 Å². The second-order valence-electron chi connectivity index (χ2n) is 5.48. The van der Waals surface area contributed by atoms with Crippen LogP contribution >= 0.6 is 15.9 Å². The molecule has 122 valence electrons. The Morgan fingerprint density at radius 2 is 2.18 bits per heavy atom. The van der Waals surface area contributed by atoms with Gasteiger partial charge >= 0.3 is 5.97 Å². The van der Waals surface area contributed by atoms with Gasteiger partial charge in [-0.1, -0.05) is 0 Å². The van der Waals surface area contributed by atoms with Crippen molar-refractivity contribution >= 4 is 31.9 Å². The van der Waals surface area contributed by atoms with Crippen LogP contribution in [0.2, 0.25) is 0 Å². The molecule has 1 N–H and O–H groups in total. The number of sulfonamides is 1. The van der Waals surface area contributed by atoms with Crippen molar-refractivity contribution < 1.29 is 23.1 Å². The fourth-order valence-electron chi connectivity index (χ4n) is 2.36. The van der Waals surface area contributed by atoms with Crippen molar-refractivity contribution in [3.63, 3.8) is 0 Å². The maximum atomic E-state index is 12.6. The summed E-state index contributed by atoms with van der Waals surface area (Å²) in [6.07, 6.45) is 0.305. The Morgan fingerprint density at radius 1 is 1.50 bits per heavy atom. The second kappa shape index (κ2) is 6.17. The predicted molar refractivity (Wildman–Crippen MR) is 84.4 cm³/mol. The zero-order valence-corrected chi connectivity index (χ0v) is 14.8. The van der Waals surface area contributed by atoms with Gasteiger partial charge in [-0.15, -0.1) is 0 Å². The van der Waals surface area contributed by atoms with Crippen LogP contribution in [0.5, 0.6) is 5.75 Å². The summed E-state index contributed by atoms with van der Waals surface area (Å²) in [6.45, 7) is 4.08. The smallest absolute Gasteiger partial charge is 0.310 e. The highest BCUT2D eigenvalue weighted by atomic mass is 79.9. The zero-order chi connectivity index (χ0) is 16.5. The van der Waals surface area contributed by atoms with E-state index in [0.717, 1.165) is 0 Å². The van der Waals surface area contributed by atoms with Gasteiger partial charge in [-0.2, -0.15) is 4.31 Å². The summed E-state index contributed by atoms with van der Waals surface area (Å²) in [5, 5.41) is 9.22. The number of nitrogens with zero attached hydrogens (tertiary/aromatic N) is 1. The lowest BCUT2D eigenvalue weighted by molar-refractivity contribution is -0.146. The number of benzene rings is 1. The van der Waals surface area contributed by atoms with Crippen LogP contribution in [0, 0.1) is 5.41 Å². The van der Waals surface area contributed by atoms with Crippen molar-refractivity contribution in [1.29, 1.82) is 0 Å². The van der Waals surface area contributed by atoms with Gasteiger partial charge in [0.25, 0.3) is 0 Å². The van der Waals surface area contributed by atoms with E-state index in [9.17, 15) is 18.3 Å². The third-order valence-corrected chi connectivity index (χ3v) is 6.26. The first-order valence-electron chi connectivity index (χ1n) is 6.86. The van der Waals surface area contributed by atoms with Crippen LogP contribution in [0.4, 0.5) is 0 Å². The van der Waals surface area contributed by atoms with Gasteiger partial charge in [-0.05, 0) is 54.4 Å². The topological polar surface area (TPSA) is 83.9 Å². The molecule has 1 aliphatic rings. The van der Waals surface area contributed by atoms with Gasteiger partial charge in [0, 0.05) is 13.1 Å². The van der Waals surface area contributed by atoms with Crippen molar-refractivity contribution in [3.05, 3.63) is 22.7 Å². The molecule has 1 fully saturated rings. The Hall–Kier alpha value is -1.12. The SMILES string of the molecule is CCOc1ccc(S(=O)(=O)N2CCC(C)(C(=O)O)C2)cc1Br. The zero-order valence-electron chi connectivity index (χ0n) is 12.4. The standard InChI is InChI=1S/C14H18BrNO5S/c1-3-21-12-5-4-10(8-11(12)15)22(19,20)16-7-6-14(2,9-16)13(17)18/h4-5,8H,3,6-7,9H2,1-2H3,(H,17,18). The molecule has 1 saturated heterocycles. The van der Waals surface area contributed by atoms with Crippen molar-refractivity contribution in [2.24, 2.45) is 5.41 Å². The summed E-state index contributed by atoms with van der Waals surface area (Å²) in [4.78, 5) is 11.4. The first-order valence-corrected chi connectivity index (χ1v) is 9.10. The molecule has 1 heterocycles. The van der Waals surface area contributed by atoms with Gasteiger partial charge in [-0.3, -0.25) is 4.79 Å². The molecular formula is C14H18BrNO5S. The fourth-order valence-corrected chi connectivity index (χ4v) is 4.60. The maximum Gasteiger partial charge on any atom is 0.310 e. The first kappa shape index (κ1) is 17.2. The Labute approximate surface area is 138 Å². The van der Waals surface area contributed by atoms with Gasteiger partial charge in [0.15, 0.2) is 0 Å². The summed E-state index contributed by atoms with van der Waals surface area (Å²) in [7, 11) is -3.71. The highest BCUT2D eigenvalue weighted by Crippen LogP contribution is 2.35. The van der Waals surface area contributed by atoms with Gasteiger partial charge in [0.05, 0.1) is 21.4 Å². The molecule has 22 heavy (non-hydrogen) atoms. The molecule has 1 aromatic carbocycles. The van der Waals surface area contributed by atoms with Crippen LogP contribution < -0.4 is 4.74 Å². The molecule has 0 spiro atoms. The van der Waals surface area contributed by atoms with Crippen molar-refractivity contribution in [2.75, 3.05) is 19.7 Å². The highest BCUT2D eigenvalue weighted by Gasteiger charge is 2.44. The van der Waals surface area contributed by atoms with Crippen molar-refractivity contribution in [1.82, 2.24) is 4.31 Å². The minimum atomic E-state index is -3.71. The molecular weight excluding hydrogens is 374 g/mol. The number of ether oxygens (including phenoxy) is 1. The minimum absolute atomic E-state index is 0.0184. The molecule has 0 aromatic heterocycles. The fraction of sp³-hybridized carbons (Fsp3) is 0.500. The van der Waals surface area contributed by atoms with E-state index in [1.54, 1.807) is 13.0 Å². The lowest BCUT2D eigenvalue weighted by Gasteiger charge is -2.20. The molecule has 6 nitrogen and oxygen atoms in total. The summed E-state index contributed by atoms with van der Waals surface area (Å²) in [5.74, 6) is -0.406. The first-order chi connectivity index (χ1) is 10.2. The number of halogens is 1. The molecule has 0 radical (unpaired) electrons. The van der Waals surface area contributed by atoms with Crippen LogP contribution in [-0.2, 0) is 14.8 Å². The number of carbonyl (C=O) groups is 1. The van der Waals surface area contributed by atoms with Crippen LogP contribution in [0.15, 0.2) is 27.6 Å². The Morgan fingerprint density at radius 3 is 2.68 bits per heavy atom. The largest absolute Gasteiger partial charge is 0.493 e. The van der Waals surface area contributed by atoms with E-state index in [2.05, 4.69) is 15.9 Å². The predicted octanol–water partition coefficient (Wildman–Crippen LogP) is 2.33. The average Bonchev–Trinajstić information content (AvgIpc) is 2.86. The number of rotatable bonds is 5. The number of carboxylic acids is 1. The van der Waals surface area contributed by atoms with Gasteiger partial charge in [-0.25, -0.2) is 8.42 Å². The monoisotopic (exact) mass is 391 g/mol. The minimum Gasteiger partial charge on any atom is -0.493 e. The second-order valence-corrected chi connectivity index (χ2v) is 8.27. The molecule has 1 aromatic rings. The molecule has 1 aliphatic heterocycles. The lowest BCUT2D eigenvalue weighted by atomic mass is 9.90. The summed E-state index contributed by atoms with van der Waals surface area (Å²) >= 11 is 3.29. The summed E-state index contributed by atoms with van der Waals surface area (Å²) in [6, 6.07) is 4.55. The average molecular weight is 392 g/mol. The van der Waals surface area contributed by atoms with E-state index in [1.807, 2.05) is 6.92 Å². The summed E-state index contributed by atoms with van der Waals surface area (Å²) in [5.41, 5.74) is -1.03. The van der Waals surface area contributed by atoms with Gasteiger partial charge in [0.1, 0.15) is 5.75 Å². The van der Waals surface area contributed by atoms with E-state index in [-0.39, 0.29) is 18.0 Å². The molecule has 0 bridgehead atoms. The summed E-state index contributed by atoms with van der Waals surface area (Å²) < 4.78 is 32.4. The van der Waals surface area contributed by atoms with Crippen LogP contribution in [0.25, 0.3) is 0 Å². The van der Waals surface area contributed by atoms with Crippen molar-refractivity contribution in [2.45, 2.75) is 25.2 Å². The Bertz CT molecular complexity index is 690. The molecule has 1 unspecified atom stereocenters. The number of hydrogen-bond acceptors (Lipinski definition) is 4. The van der Waals surface area contributed by atoms with Crippen LogP contribution in [0.3, 0.4) is 0 Å². The quantitative estimate of drug-likeness (QED) is 0.832. The molecule has 0 amide bonds. The highest BCUT2D eigenvalue weighted by molar-refractivity contribution is 9.10.